The van der Waals surface area contributed by atoms with E-state index in [0.717, 1.165) is 40.6 Å². The molecule has 0 fully saturated rings. The van der Waals surface area contributed by atoms with Crippen molar-refractivity contribution in [3.63, 3.8) is 0 Å². The molecule has 0 spiro atoms. The van der Waals surface area contributed by atoms with Crippen LogP contribution in [0, 0.1) is 0 Å². The second-order valence-electron chi connectivity index (χ2n) is 4.95. The molecule has 0 aliphatic carbocycles. The van der Waals surface area contributed by atoms with Crippen molar-refractivity contribution in [2.45, 2.75) is 0 Å². The number of hydrogen-bond donors (Lipinski definition) is 2. The summed E-state index contributed by atoms with van der Waals surface area (Å²) in [6, 6.07) is 4.11. The fraction of sp³-hybridized carbons (Fsp3) is 0.125. The number of nitrogens with zero attached hydrogens (tertiary/aromatic N) is 3. The van der Waals surface area contributed by atoms with Gasteiger partial charge in [-0.05, 0) is 18.2 Å². The zero-order valence-electron chi connectivity index (χ0n) is 11.7. The van der Waals surface area contributed by atoms with E-state index >= 15 is 0 Å². The van der Waals surface area contributed by atoms with E-state index in [0.29, 0.717) is 0 Å². The molecule has 104 valence electrons. The van der Waals surface area contributed by atoms with Crippen molar-refractivity contribution in [2.75, 3.05) is 13.6 Å². The minimum atomic E-state index is 0.848. The molecule has 0 amide bonds. The molecule has 2 aromatic rings. The predicted molar refractivity (Wildman–Crippen MR) is 84.8 cm³/mol. The van der Waals surface area contributed by atoms with E-state index in [1.807, 2.05) is 18.5 Å². The summed E-state index contributed by atoms with van der Waals surface area (Å²) in [5.41, 5.74) is 5.36. The first-order valence-corrected chi connectivity index (χ1v) is 6.89. The van der Waals surface area contributed by atoms with Crippen LogP contribution in [0.5, 0.6) is 0 Å². The van der Waals surface area contributed by atoms with Gasteiger partial charge in [-0.15, -0.1) is 0 Å². The standard InChI is InChI=1S/C16H15N5/c1-17-16-12(8-20-16)11-5-6-15-19-9-14(21(15)10-11)13-4-2-3-7-18-13/h2-6,8-10,18H,7H2,1H3,(H,17,20). The predicted octanol–water partition coefficient (Wildman–Crippen LogP) is 1.81. The van der Waals surface area contributed by atoms with Gasteiger partial charge in [-0.3, -0.25) is 9.39 Å². The van der Waals surface area contributed by atoms with Gasteiger partial charge in [-0.2, -0.15) is 0 Å². The second kappa shape index (κ2) is 4.63. The highest BCUT2D eigenvalue weighted by molar-refractivity contribution is 6.28. The molecule has 21 heavy (non-hydrogen) atoms. The van der Waals surface area contributed by atoms with Gasteiger partial charge in [-0.25, -0.2) is 4.98 Å². The van der Waals surface area contributed by atoms with Crippen molar-refractivity contribution in [1.29, 1.82) is 0 Å². The van der Waals surface area contributed by atoms with Gasteiger partial charge in [0.15, 0.2) is 0 Å². The molecule has 2 aliphatic heterocycles. The van der Waals surface area contributed by atoms with E-state index in [1.165, 1.54) is 0 Å². The number of aromatic nitrogens is 2. The Balaban J connectivity index is 1.83. The van der Waals surface area contributed by atoms with Crippen LogP contribution in [0.25, 0.3) is 16.9 Å². The number of dihydropyridines is 1. The van der Waals surface area contributed by atoms with Gasteiger partial charge < -0.3 is 10.6 Å². The third-order valence-electron chi connectivity index (χ3n) is 3.73. The van der Waals surface area contributed by atoms with E-state index < -0.39 is 0 Å². The lowest BCUT2D eigenvalue weighted by molar-refractivity contribution is 0.972. The van der Waals surface area contributed by atoms with Crippen LogP contribution >= 0.6 is 0 Å². The smallest absolute Gasteiger partial charge is 0.137 e. The van der Waals surface area contributed by atoms with E-state index in [2.05, 4.69) is 55.5 Å². The number of allylic oxidation sites excluding steroid dienone is 2. The average Bonchev–Trinajstić information content (AvgIpc) is 2.91. The third kappa shape index (κ3) is 1.86. The van der Waals surface area contributed by atoms with Gasteiger partial charge in [0.25, 0.3) is 0 Å². The zero-order chi connectivity index (χ0) is 14.2. The quantitative estimate of drug-likeness (QED) is 0.880. The molecule has 0 bridgehead atoms. The molecule has 4 heterocycles. The maximum absolute atomic E-state index is 4.47. The SMILES string of the molecule is CN=C1NC=C1c1ccc2ncc(C3=CC=CCN3)n2c1. The van der Waals surface area contributed by atoms with Crippen LogP contribution in [0.4, 0.5) is 0 Å². The Bertz CT molecular complexity index is 835. The van der Waals surface area contributed by atoms with E-state index in [4.69, 9.17) is 0 Å². The summed E-state index contributed by atoms with van der Waals surface area (Å²) >= 11 is 0. The number of hydrogen-bond acceptors (Lipinski definition) is 3. The fourth-order valence-corrected chi connectivity index (χ4v) is 2.59. The topological polar surface area (TPSA) is 53.7 Å². The Morgan fingerprint density at radius 2 is 2.29 bits per heavy atom. The molecule has 2 N–H and O–H groups in total. The second-order valence-corrected chi connectivity index (χ2v) is 4.95. The third-order valence-corrected chi connectivity index (χ3v) is 3.73. The van der Waals surface area contributed by atoms with E-state index in [9.17, 15) is 0 Å². The molecule has 0 atom stereocenters. The van der Waals surface area contributed by atoms with Gasteiger partial charge >= 0.3 is 0 Å². The number of aliphatic imine (C=N–C) groups is 1. The minimum Gasteiger partial charge on any atom is -0.380 e. The first-order chi connectivity index (χ1) is 10.4. The van der Waals surface area contributed by atoms with Crippen LogP contribution in [0.15, 0.2) is 53.9 Å². The van der Waals surface area contributed by atoms with Gasteiger partial charge in [0.05, 0.1) is 17.6 Å². The molecule has 2 aromatic heterocycles. The van der Waals surface area contributed by atoms with Gasteiger partial charge in [0, 0.05) is 37.1 Å². The number of amidine groups is 1. The highest BCUT2D eigenvalue weighted by Crippen LogP contribution is 2.23. The molecule has 0 aromatic carbocycles. The van der Waals surface area contributed by atoms with Crippen LogP contribution < -0.4 is 10.6 Å². The van der Waals surface area contributed by atoms with Crippen LogP contribution in [0.3, 0.4) is 0 Å². The number of fused-ring (bicyclic) bond motifs is 1. The van der Waals surface area contributed by atoms with Crippen molar-refractivity contribution in [1.82, 2.24) is 20.0 Å². The number of rotatable bonds is 2. The maximum atomic E-state index is 4.47. The molecule has 5 heteroatoms. The molecule has 0 saturated carbocycles. The van der Waals surface area contributed by atoms with Crippen molar-refractivity contribution >= 4 is 22.8 Å². The normalized spacial score (nSPS) is 18.8. The number of nitrogens with one attached hydrogen (secondary N) is 2. The van der Waals surface area contributed by atoms with Crippen molar-refractivity contribution in [2.24, 2.45) is 4.99 Å². The van der Waals surface area contributed by atoms with Crippen molar-refractivity contribution in [3.05, 3.63) is 60.2 Å². The fourth-order valence-electron chi connectivity index (χ4n) is 2.59. The summed E-state index contributed by atoms with van der Waals surface area (Å²) in [5, 5.41) is 6.47. The summed E-state index contributed by atoms with van der Waals surface area (Å²) in [4.78, 5) is 8.68. The average molecular weight is 277 g/mol. The molecule has 0 radical (unpaired) electrons. The van der Waals surface area contributed by atoms with Crippen LogP contribution in [-0.2, 0) is 0 Å². The van der Waals surface area contributed by atoms with Gasteiger partial charge in [0.1, 0.15) is 11.5 Å². The Kier molecular flexibility index (Phi) is 2.64. The summed E-state index contributed by atoms with van der Waals surface area (Å²) in [6.45, 7) is 0.848. The molecule has 5 nitrogen and oxygen atoms in total. The Morgan fingerprint density at radius 1 is 1.33 bits per heavy atom. The van der Waals surface area contributed by atoms with Crippen molar-refractivity contribution < 1.29 is 0 Å². The monoisotopic (exact) mass is 277 g/mol. The van der Waals surface area contributed by atoms with E-state index in [1.54, 1.807) is 7.05 Å². The molecular formula is C16H15N5. The van der Waals surface area contributed by atoms with Gasteiger partial charge in [-0.1, -0.05) is 12.2 Å². The van der Waals surface area contributed by atoms with Crippen LogP contribution in [0.2, 0.25) is 0 Å². The lowest BCUT2D eigenvalue weighted by Gasteiger charge is -2.20. The molecule has 2 aliphatic rings. The largest absolute Gasteiger partial charge is 0.380 e. The summed E-state index contributed by atoms with van der Waals surface area (Å²) in [6.07, 6.45) is 12.2. The molecule has 4 rings (SSSR count). The van der Waals surface area contributed by atoms with Crippen LogP contribution in [0.1, 0.15) is 11.3 Å². The summed E-state index contributed by atoms with van der Waals surface area (Å²) in [7, 11) is 1.79. The molecule has 0 saturated heterocycles. The highest BCUT2D eigenvalue weighted by atomic mass is 15.0. The summed E-state index contributed by atoms with van der Waals surface area (Å²) < 4.78 is 2.11. The Morgan fingerprint density at radius 3 is 3.00 bits per heavy atom. The Labute approximate surface area is 122 Å². The Hall–Kier alpha value is -2.82. The highest BCUT2D eigenvalue weighted by Gasteiger charge is 2.17. The van der Waals surface area contributed by atoms with Crippen molar-refractivity contribution in [3.8, 4) is 0 Å². The summed E-state index contributed by atoms with van der Waals surface area (Å²) in [5.74, 6) is 0.925. The van der Waals surface area contributed by atoms with E-state index in [-0.39, 0.29) is 0 Å². The number of pyridine rings is 1. The maximum Gasteiger partial charge on any atom is 0.137 e. The number of imidazole rings is 1. The zero-order valence-corrected chi connectivity index (χ0v) is 11.7. The first-order valence-electron chi connectivity index (χ1n) is 6.89. The first kappa shape index (κ1) is 12.0. The molecule has 0 unspecified atom stereocenters. The lowest BCUT2D eigenvalue weighted by Crippen LogP contribution is -2.29. The lowest BCUT2D eigenvalue weighted by atomic mass is 10.0. The van der Waals surface area contributed by atoms with Crippen LogP contribution in [-0.4, -0.2) is 28.8 Å². The molecular weight excluding hydrogens is 262 g/mol. The van der Waals surface area contributed by atoms with Gasteiger partial charge in [0.2, 0.25) is 0 Å². The minimum absolute atomic E-state index is 0.848.